The van der Waals surface area contributed by atoms with E-state index in [-0.39, 0.29) is 11.6 Å². The van der Waals surface area contributed by atoms with Crippen LogP contribution in [0.15, 0.2) is 53.0 Å². The van der Waals surface area contributed by atoms with Crippen LogP contribution in [0, 0.1) is 10.1 Å². The van der Waals surface area contributed by atoms with Gasteiger partial charge in [0.2, 0.25) is 0 Å². The summed E-state index contributed by atoms with van der Waals surface area (Å²) in [5.74, 6) is 1.89. The molecule has 0 aliphatic carbocycles. The lowest BCUT2D eigenvalue weighted by Crippen LogP contribution is -2.16. The second kappa shape index (κ2) is 7.16. The SMILES string of the molecule is O=C(Nc1c2c(nn1-c1ccc([N+](=O)[O-])cc1)CSC2)c1ccccc1Br. The summed E-state index contributed by atoms with van der Waals surface area (Å²) in [5, 5.41) is 18.5. The second-order valence-electron chi connectivity index (χ2n) is 5.89. The number of fused-ring (bicyclic) bond motifs is 1. The first-order chi connectivity index (χ1) is 13.0. The molecule has 1 aliphatic rings. The van der Waals surface area contributed by atoms with Crippen molar-refractivity contribution in [2.45, 2.75) is 11.5 Å². The Labute approximate surface area is 167 Å². The molecule has 1 aliphatic heterocycles. The van der Waals surface area contributed by atoms with Crippen molar-refractivity contribution in [3.05, 3.63) is 79.9 Å². The van der Waals surface area contributed by atoms with Crippen LogP contribution >= 0.6 is 27.7 Å². The van der Waals surface area contributed by atoms with Gasteiger partial charge in [-0.2, -0.15) is 16.9 Å². The van der Waals surface area contributed by atoms with Gasteiger partial charge in [-0.15, -0.1) is 0 Å². The number of nitrogens with one attached hydrogen (secondary N) is 1. The molecule has 7 nitrogen and oxygen atoms in total. The number of anilines is 1. The van der Waals surface area contributed by atoms with Gasteiger partial charge in [0.25, 0.3) is 11.6 Å². The summed E-state index contributed by atoms with van der Waals surface area (Å²) in [6.45, 7) is 0. The Kier molecular flexibility index (Phi) is 4.71. The molecule has 3 aromatic rings. The maximum absolute atomic E-state index is 12.8. The minimum Gasteiger partial charge on any atom is -0.306 e. The molecule has 136 valence electrons. The maximum atomic E-state index is 12.8. The average Bonchev–Trinajstić information content (AvgIpc) is 3.25. The first-order valence-electron chi connectivity index (χ1n) is 8.04. The van der Waals surface area contributed by atoms with Crippen molar-refractivity contribution < 1.29 is 9.72 Å². The lowest BCUT2D eigenvalue weighted by molar-refractivity contribution is -0.384. The normalized spacial score (nSPS) is 12.6. The molecule has 2 aromatic carbocycles. The summed E-state index contributed by atoms with van der Waals surface area (Å²) in [7, 11) is 0. The van der Waals surface area contributed by atoms with Gasteiger partial charge in [-0.25, -0.2) is 4.68 Å². The zero-order valence-corrected chi connectivity index (χ0v) is 16.3. The zero-order valence-electron chi connectivity index (χ0n) is 13.9. The molecule has 9 heteroatoms. The Bertz CT molecular complexity index is 1050. The Morgan fingerprint density at radius 3 is 2.63 bits per heavy atom. The fraction of sp³-hybridized carbons (Fsp3) is 0.111. The fourth-order valence-corrected chi connectivity index (χ4v) is 4.36. The first kappa shape index (κ1) is 17.7. The van der Waals surface area contributed by atoms with Crippen LogP contribution in [0.4, 0.5) is 11.5 Å². The van der Waals surface area contributed by atoms with Gasteiger partial charge < -0.3 is 5.32 Å². The number of amides is 1. The highest BCUT2D eigenvalue weighted by Crippen LogP contribution is 2.36. The summed E-state index contributed by atoms with van der Waals surface area (Å²) in [4.78, 5) is 23.2. The molecule has 0 spiro atoms. The molecule has 1 N–H and O–H groups in total. The van der Waals surface area contributed by atoms with Crippen molar-refractivity contribution in [3.8, 4) is 5.69 Å². The van der Waals surface area contributed by atoms with Crippen LogP contribution in [0.5, 0.6) is 0 Å². The van der Waals surface area contributed by atoms with Gasteiger partial charge in [0.15, 0.2) is 0 Å². The third kappa shape index (κ3) is 3.35. The number of nitro groups is 1. The second-order valence-corrected chi connectivity index (χ2v) is 7.73. The van der Waals surface area contributed by atoms with E-state index in [1.54, 1.807) is 40.7 Å². The summed E-state index contributed by atoms with van der Waals surface area (Å²) < 4.78 is 2.35. The predicted molar refractivity (Wildman–Crippen MR) is 107 cm³/mol. The van der Waals surface area contributed by atoms with Crippen LogP contribution in [0.1, 0.15) is 21.6 Å². The Morgan fingerprint density at radius 1 is 1.19 bits per heavy atom. The van der Waals surface area contributed by atoms with Crippen LogP contribution in [0.25, 0.3) is 5.69 Å². The quantitative estimate of drug-likeness (QED) is 0.471. The lowest BCUT2D eigenvalue weighted by atomic mass is 10.2. The smallest absolute Gasteiger partial charge is 0.269 e. The number of hydrogen-bond donors (Lipinski definition) is 1. The number of carbonyl (C=O) groups excluding carboxylic acids is 1. The van der Waals surface area contributed by atoms with E-state index in [0.717, 1.165) is 22.8 Å². The highest BCUT2D eigenvalue weighted by Gasteiger charge is 2.25. The molecule has 0 unspecified atom stereocenters. The highest BCUT2D eigenvalue weighted by atomic mass is 79.9. The van der Waals surface area contributed by atoms with Crippen molar-refractivity contribution in [3.63, 3.8) is 0 Å². The monoisotopic (exact) mass is 444 g/mol. The number of hydrogen-bond acceptors (Lipinski definition) is 5. The molecule has 0 radical (unpaired) electrons. The summed E-state index contributed by atoms with van der Waals surface area (Å²) in [6, 6.07) is 13.3. The summed E-state index contributed by atoms with van der Waals surface area (Å²) in [5.41, 5.74) is 3.09. The molecule has 0 fully saturated rings. The third-order valence-electron chi connectivity index (χ3n) is 4.21. The summed E-state index contributed by atoms with van der Waals surface area (Å²) >= 11 is 5.13. The zero-order chi connectivity index (χ0) is 19.0. The van der Waals surface area contributed by atoms with E-state index in [4.69, 9.17) is 0 Å². The molecule has 1 aromatic heterocycles. The number of thioether (sulfide) groups is 1. The highest BCUT2D eigenvalue weighted by molar-refractivity contribution is 9.10. The van der Waals surface area contributed by atoms with Gasteiger partial charge >= 0.3 is 0 Å². The summed E-state index contributed by atoms with van der Waals surface area (Å²) in [6.07, 6.45) is 0. The largest absolute Gasteiger partial charge is 0.306 e. The Morgan fingerprint density at radius 2 is 1.93 bits per heavy atom. The average molecular weight is 445 g/mol. The van der Waals surface area contributed by atoms with Gasteiger partial charge in [-0.1, -0.05) is 12.1 Å². The molecule has 0 saturated carbocycles. The molecule has 0 bridgehead atoms. The number of non-ortho nitro benzene ring substituents is 1. The van der Waals surface area contributed by atoms with E-state index >= 15 is 0 Å². The minimum atomic E-state index is -0.445. The van der Waals surface area contributed by atoms with Gasteiger partial charge in [-0.05, 0) is 40.2 Å². The molecule has 0 saturated heterocycles. The number of nitro benzene ring substituents is 1. The Hall–Kier alpha value is -2.65. The van der Waals surface area contributed by atoms with Crippen LogP contribution < -0.4 is 5.32 Å². The van der Waals surface area contributed by atoms with Crippen LogP contribution in [-0.2, 0) is 11.5 Å². The van der Waals surface area contributed by atoms with Gasteiger partial charge in [0, 0.05) is 33.7 Å². The van der Waals surface area contributed by atoms with E-state index in [9.17, 15) is 14.9 Å². The number of halogens is 1. The van der Waals surface area contributed by atoms with Crippen molar-refractivity contribution in [1.82, 2.24) is 9.78 Å². The maximum Gasteiger partial charge on any atom is 0.269 e. The molecule has 0 atom stereocenters. The van der Waals surface area contributed by atoms with Crippen molar-refractivity contribution in [1.29, 1.82) is 0 Å². The number of nitrogens with zero attached hydrogens (tertiary/aromatic N) is 3. The van der Waals surface area contributed by atoms with Gasteiger partial charge in [-0.3, -0.25) is 14.9 Å². The van der Waals surface area contributed by atoms with Crippen molar-refractivity contribution in [2.24, 2.45) is 0 Å². The van der Waals surface area contributed by atoms with Crippen molar-refractivity contribution in [2.75, 3.05) is 5.32 Å². The van der Waals surface area contributed by atoms with Crippen LogP contribution in [-0.4, -0.2) is 20.6 Å². The van der Waals surface area contributed by atoms with E-state index < -0.39 is 4.92 Å². The van der Waals surface area contributed by atoms with Gasteiger partial charge in [0.1, 0.15) is 5.82 Å². The first-order valence-corrected chi connectivity index (χ1v) is 9.98. The fourth-order valence-electron chi connectivity index (χ4n) is 2.86. The number of benzene rings is 2. The minimum absolute atomic E-state index is 0.00723. The van der Waals surface area contributed by atoms with E-state index in [0.29, 0.717) is 21.5 Å². The molecule has 27 heavy (non-hydrogen) atoms. The molecule has 2 heterocycles. The van der Waals surface area contributed by atoms with E-state index in [1.807, 2.05) is 12.1 Å². The topological polar surface area (TPSA) is 90.1 Å². The Balaban J connectivity index is 1.73. The van der Waals surface area contributed by atoms with Crippen LogP contribution in [0.3, 0.4) is 0 Å². The standard InChI is InChI=1S/C18H13BrN4O3S/c19-15-4-2-1-3-13(15)18(24)20-17-14-9-27-10-16(14)21-22(17)11-5-7-12(8-6-11)23(25)26/h1-8H,9-10H2,(H,20,24). The number of rotatable bonds is 4. The lowest BCUT2D eigenvalue weighted by Gasteiger charge is -2.11. The third-order valence-corrected chi connectivity index (χ3v) is 5.87. The molecule has 1 amide bonds. The number of carbonyl (C=O) groups is 1. The molecular weight excluding hydrogens is 432 g/mol. The van der Waals surface area contributed by atoms with Crippen molar-refractivity contribution >= 4 is 45.1 Å². The van der Waals surface area contributed by atoms with E-state index in [2.05, 4.69) is 26.3 Å². The molecule has 4 rings (SSSR count). The van der Waals surface area contributed by atoms with Crippen LogP contribution in [0.2, 0.25) is 0 Å². The van der Waals surface area contributed by atoms with E-state index in [1.165, 1.54) is 12.1 Å². The predicted octanol–water partition coefficient (Wildman–Crippen LogP) is 4.54. The molecular formula is C18H13BrN4O3S. The number of aromatic nitrogens is 2. The van der Waals surface area contributed by atoms with Gasteiger partial charge in [0.05, 0.1) is 21.9 Å².